The third kappa shape index (κ3) is 4.45. The molecule has 0 radical (unpaired) electrons. The largest absolute Gasteiger partial charge is 0.353 e. The summed E-state index contributed by atoms with van der Waals surface area (Å²) in [6.45, 7) is 3.34. The van der Waals surface area contributed by atoms with Gasteiger partial charge in [0.05, 0.1) is 12.6 Å². The highest BCUT2D eigenvalue weighted by Gasteiger charge is 2.26. The second-order valence-electron chi connectivity index (χ2n) is 7.59. The summed E-state index contributed by atoms with van der Waals surface area (Å²) >= 11 is 1.84. The van der Waals surface area contributed by atoms with E-state index in [1.54, 1.807) is 4.90 Å². The van der Waals surface area contributed by atoms with E-state index in [1.807, 2.05) is 17.4 Å². The van der Waals surface area contributed by atoms with E-state index in [4.69, 9.17) is 0 Å². The van der Waals surface area contributed by atoms with Crippen molar-refractivity contribution in [1.29, 1.82) is 0 Å². The van der Waals surface area contributed by atoms with Gasteiger partial charge in [-0.05, 0) is 41.8 Å². The van der Waals surface area contributed by atoms with Crippen molar-refractivity contribution in [2.24, 2.45) is 0 Å². The summed E-state index contributed by atoms with van der Waals surface area (Å²) in [5, 5.41) is 5.26. The van der Waals surface area contributed by atoms with Crippen LogP contribution in [0.3, 0.4) is 0 Å². The minimum Gasteiger partial charge on any atom is -0.353 e. The van der Waals surface area contributed by atoms with Gasteiger partial charge in [0.2, 0.25) is 11.8 Å². The van der Waals surface area contributed by atoms with Gasteiger partial charge >= 0.3 is 0 Å². The second kappa shape index (κ2) is 8.88. The monoisotopic (exact) mass is 397 g/mol. The minimum atomic E-state index is -0.0654. The summed E-state index contributed by atoms with van der Waals surface area (Å²) in [5.41, 5.74) is 2.62. The SMILES string of the molecule is O=C(CN1CCCCC1=O)NCC(c1ccccc1)N1CCc2sccc2C1. The van der Waals surface area contributed by atoms with Crippen molar-refractivity contribution < 1.29 is 9.59 Å². The average Bonchev–Trinajstić information content (AvgIpc) is 3.19. The van der Waals surface area contributed by atoms with Gasteiger partial charge in [-0.25, -0.2) is 0 Å². The van der Waals surface area contributed by atoms with Crippen molar-refractivity contribution in [2.45, 2.75) is 38.3 Å². The van der Waals surface area contributed by atoms with Crippen molar-refractivity contribution in [3.63, 3.8) is 0 Å². The van der Waals surface area contributed by atoms with Gasteiger partial charge in [0.15, 0.2) is 0 Å². The second-order valence-corrected chi connectivity index (χ2v) is 8.59. The minimum absolute atomic E-state index is 0.0654. The maximum Gasteiger partial charge on any atom is 0.239 e. The van der Waals surface area contributed by atoms with Crippen LogP contribution < -0.4 is 5.32 Å². The number of rotatable bonds is 6. The lowest BCUT2D eigenvalue weighted by molar-refractivity contribution is -0.137. The maximum atomic E-state index is 12.5. The number of nitrogens with zero attached hydrogens (tertiary/aromatic N) is 2. The van der Waals surface area contributed by atoms with Gasteiger partial charge in [-0.1, -0.05) is 30.3 Å². The number of carbonyl (C=O) groups excluding carboxylic acids is 2. The number of hydrogen-bond donors (Lipinski definition) is 1. The summed E-state index contributed by atoms with van der Waals surface area (Å²) in [5.74, 6) is 0.0337. The van der Waals surface area contributed by atoms with Crippen LogP contribution in [0.15, 0.2) is 41.8 Å². The first-order valence-corrected chi connectivity index (χ1v) is 11.0. The number of carbonyl (C=O) groups is 2. The fraction of sp³-hybridized carbons (Fsp3) is 0.455. The first-order chi connectivity index (χ1) is 13.7. The molecule has 2 aliphatic heterocycles. The molecule has 4 rings (SSSR count). The summed E-state index contributed by atoms with van der Waals surface area (Å²) in [7, 11) is 0. The highest BCUT2D eigenvalue weighted by atomic mass is 32.1. The lowest BCUT2D eigenvalue weighted by Crippen LogP contribution is -2.45. The average molecular weight is 398 g/mol. The molecule has 0 aliphatic carbocycles. The molecule has 6 heteroatoms. The molecule has 1 saturated heterocycles. The Kier molecular flexibility index (Phi) is 6.07. The number of fused-ring (bicyclic) bond motifs is 1. The van der Waals surface area contributed by atoms with Gasteiger partial charge in [0, 0.05) is 37.5 Å². The van der Waals surface area contributed by atoms with Crippen molar-refractivity contribution in [3.8, 4) is 0 Å². The first kappa shape index (κ1) is 19.2. The highest BCUT2D eigenvalue weighted by molar-refractivity contribution is 7.10. The quantitative estimate of drug-likeness (QED) is 0.815. The van der Waals surface area contributed by atoms with Crippen molar-refractivity contribution >= 4 is 23.2 Å². The molecule has 2 amide bonds. The Labute approximate surface area is 170 Å². The summed E-state index contributed by atoms with van der Waals surface area (Å²) in [4.78, 5) is 30.1. The topological polar surface area (TPSA) is 52.7 Å². The normalized spacial score (nSPS) is 18.6. The number of amides is 2. The fourth-order valence-corrected chi connectivity index (χ4v) is 5.03. The van der Waals surface area contributed by atoms with E-state index in [0.29, 0.717) is 19.5 Å². The molecule has 3 heterocycles. The van der Waals surface area contributed by atoms with Crippen LogP contribution in [0.4, 0.5) is 0 Å². The van der Waals surface area contributed by atoms with Crippen LogP contribution in [0.1, 0.15) is 41.3 Å². The van der Waals surface area contributed by atoms with E-state index in [2.05, 4.69) is 45.9 Å². The van der Waals surface area contributed by atoms with Gasteiger partial charge in [-0.15, -0.1) is 11.3 Å². The van der Waals surface area contributed by atoms with Crippen LogP contribution in [0.25, 0.3) is 0 Å². The van der Waals surface area contributed by atoms with E-state index in [1.165, 1.54) is 16.0 Å². The van der Waals surface area contributed by atoms with E-state index < -0.39 is 0 Å². The number of nitrogens with one attached hydrogen (secondary N) is 1. The Morgan fingerprint density at radius 2 is 1.96 bits per heavy atom. The molecule has 1 fully saturated rings. The molecule has 2 aromatic rings. The van der Waals surface area contributed by atoms with Gasteiger partial charge in [-0.2, -0.15) is 0 Å². The van der Waals surface area contributed by atoms with Gasteiger partial charge in [0.25, 0.3) is 0 Å². The smallest absolute Gasteiger partial charge is 0.239 e. The number of thiophene rings is 1. The number of piperidine rings is 1. The molecule has 1 aromatic heterocycles. The molecule has 0 bridgehead atoms. The lowest BCUT2D eigenvalue weighted by atomic mass is 10.0. The molecule has 28 heavy (non-hydrogen) atoms. The molecule has 2 aliphatic rings. The van der Waals surface area contributed by atoms with E-state index in [9.17, 15) is 9.59 Å². The Balaban J connectivity index is 1.41. The fourth-order valence-electron chi connectivity index (χ4n) is 4.14. The van der Waals surface area contributed by atoms with Crippen LogP contribution in [-0.2, 0) is 22.6 Å². The van der Waals surface area contributed by atoms with E-state index in [-0.39, 0.29) is 24.4 Å². The van der Waals surface area contributed by atoms with Crippen molar-refractivity contribution in [1.82, 2.24) is 15.1 Å². The molecule has 1 unspecified atom stereocenters. The third-order valence-corrected chi connectivity index (χ3v) is 6.73. The summed E-state index contributed by atoms with van der Waals surface area (Å²) in [6.07, 6.45) is 3.55. The van der Waals surface area contributed by atoms with Crippen LogP contribution >= 0.6 is 11.3 Å². The molecule has 1 N–H and O–H groups in total. The zero-order chi connectivity index (χ0) is 19.3. The summed E-state index contributed by atoms with van der Waals surface area (Å²) in [6, 6.07) is 12.7. The third-order valence-electron chi connectivity index (χ3n) is 5.71. The zero-order valence-corrected chi connectivity index (χ0v) is 16.9. The van der Waals surface area contributed by atoms with Gasteiger partial charge in [0.1, 0.15) is 0 Å². The maximum absolute atomic E-state index is 12.5. The molecule has 5 nitrogen and oxygen atoms in total. The summed E-state index contributed by atoms with van der Waals surface area (Å²) < 4.78 is 0. The molecular weight excluding hydrogens is 370 g/mol. The highest BCUT2D eigenvalue weighted by Crippen LogP contribution is 2.30. The van der Waals surface area contributed by atoms with E-state index in [0.717, 1.165) is 32.4 Å². The van der Waals surface area contributed by atoms with Crippen LogP contribution in [0.2, 0.25) is 0 Å². The molecule has 1 atom stereocenters. The molecular formula is C22H27N3O2S. The molecule has 148 valence electrons. The van der Waals surface area contributed by atoms with Gasteiger partial charge < -0.3 is 10.2 Å². The van der Waals surface area contributed by atoms with Crippen LogP contribution in [0, 0.1) is 0 Å². The van der Waals surface area contributed by atoms with Crippen molar-refractivity contribution in [2.75, 3.05) is 26.2 Å². The zero-order valence-electron chi connectivity index (χ0n) is 16.1. The Morgan fingerprint density at radius 3 is 2.79 bits per heavy atom. The number of hydrogen-bond acceptors (Lipinski definition) is 4. The Morgan fingerprint density at radius 1 is 1.11 bits per heavy atom. The molecule has 1 aromatic carbocycles. The predicted octanol–water partition coefficient (Wildman–Crippen LogP) is 2.98. The standard InChI is InChI=1S/C22H27N3O2S/c26-21(16-25-11-5-4-8-22(25)27)23-14-19(17-6-2-1-3-7-17)24-12-9-20-18(15-24)10-13-28-20/h1-3,6-7,10,13,19H,4-5,8-9,11-12,14-16H2,(H,23,26). The first-order valence-electron chi connectivity index (χ1n) is 10.1. The van der Waals surface area contributed by atoms with Gasteiger partial charge in [-0.3, -0.25) is 14.5 Å². The van der Waals surface area contributed by atoms with Crippen molar-refractivity contribution in [3.05, 3.63) is 57.8 Å². The van der Waals surface area contributed by atoms with Crippen LogP contribution in [0.5, 0.6) is 0 Å². The number of benzene rings is 1. The van der Waals surface area contributed by atoms with E-state index >= 15 is 0 Å². The lowest BCUT2D eigenvalue weighted by Gasteiger charge is -2.35. The predicted molar refractivity (Wildman–Crippen MR) is 111 cm³/mol. The molecule has 0 spiro atoms. The Hall–Kier alpha value is -2.18. The Bertz CT molecular complexity index is 820. The molecule has 0 saturated carbocycles. The van der Waals surface area contributed by atoms with Crippen LogP contribution in [-0.4, -0.2) is 47.8 Å². The number of likely N-dealkylation sites (tertiary alicyclic amines) is 1.